The Morgan fingerprint density at radius 3 is 0.800 bits per heavy atom. The molecular weight excluding hydrogens is 855 g/mol. The first-order valence-electron chi connectivity index (χ1n) is 23.2. The summed E-state index contributed by atoms with van der Waals surface area (Å²) < 4.78 is 9.42. The minimum atomic E-state index is 0.217. The third-order valence-electron chi connectivity index (χ3n) is 14.2. The average molecular weight is 890 g/mol. The van der Waals surface area contributed by atoms with Crippen molar-refractivity contribution in [3.63, 3.8) is 0 Å². The summed E-state index contributed by atoms with van der Waals surface area (Å²) in [4.78, 5) is 3.81. The molecule has 0 radical (unpaired) electrons. The van der Waals surface area contributed by atoms with Crippen molar-refractivity contribution in [2.45, 2.75) is 0 Å². The largest absolute Gasteiger partial charge is 0.307 e. The van der Waals surface area contributed by atoms with Crippen LogP contribution in [0.25, 0.3) is 126 Å². The number of benzene rings is 10. The van der Waals surface area contributed by atoms with Gasteiger partial charge in [-0.25, -0.2) is 4.85 Å². The maximum absolute atomic E-state index is 11.5. The molecule has 7 heteroatoms. The van der Waals surface area contributed by atoms with Crippen LogP contribution < -0.4 is 0 Å². The second-order valence-corrected chi connectivity index (χ2v) is 17.7. The zero-order valence-corrected chi connectivity index (χ0v) is 37.3. The third kappa shape index (κ3) is 5.30. The Morgan fingerprint density at radius 2 is 0.557 bits per heavy atom. The van der Waals surface area contributed by atoms with E-state index in [2.05, 4.69) is 235 Å². The molecule has 0 fully saturated rings. The van der Waals surface area contributed by atoms with Crippen LogP contribution in [0.4, 0.5) is 5.69 Å². The van der Waals surface area contributed by atoms with Crippen molar-refractivity contribution in [3.05, 3.63) is 235 Å². The van der Waals surface area contributed by atoms with Crippen LogP contribution in [0, 0.1) is 29.2 Å². The number of nitriles is 2. The standard InChI is InChI=1S/C63H35N7/c1-66-41-34-39(37-64)60(40(35-41)38-65)61-62(69-54-30-14-6-22-46(54)47-23-7-15-31-55(47)69)58(67-50-26-10-2-18-42(50)43-19-3-11-27-51(43)67)36-59(68-52-28-12-4-20-44(52)45-21-5-13-29-53(45)68)63(61)70-56-32-16-8-24-48(56)49-25-9-17-33-57(49)70/h2-36H. The van der Waals surface area contributed by atoms with Crippen LogP contribution in [0.1, 0.15) is 11.1 Å². The Bertz CT molecular complexity index is 4210. The smallest absolute Gasteiger partial charge is 0.189 e. The Hall–Kier alpha value is -10.1. The Balaban J connectivity index is 1.37. The van der Waals surface area contributed by atoms with Gasteiger partial charge in [0.2, 0.25) is 0 Å². The molecule has 0 spiro atoms. The quantitative estimate of drug-likeness (QED) is 0.162. The number of para-hydroxylation sites is 8. The molecule has 14 aromatic rings. The molecule has 0 amide bonds. The molecule has 0 bridgehead atoms. The molecule has 10 aromatic carbocycles. The molecule has 4 aromatic heterocycles. The summed E-state index contributed by atoms with van der Waals surface area (Å²) in [5.74, 6) is 0. The lowest BCUT2D eigenvalue weighted by molar-refractivity contribution is 1.04. The zero-order valence-electron chi connectivity index (χ0n) is 37.3. The summed E-state index contributed by atoms with van der Waals surface area (Å²) in [6.07, 6.45) is 0. The lowest BCUT2D eigenvalue weighted by atomic mass is 9.89. The number of fused-ring (bicyclic) bond motifs is 12. The second kappa shape index (κ2) is 14.9. The lowest BCUT2D eigenvalue weighted by Crippen LogP contribution is -2.14. The van der Waals surface area contributed by atoms with Crippen LogP contribution in [0.2, 0.25) is 0 Å². The number of nitrogens with zero attached hydrogens (tertiary/aromatic N) is 7. The minimum Gasteiger partial charge on any atom is -0.307 e. The van der Waals surface area contributed by atoms with Crippen molar-refractivity contribution in [1.29, 1.82) is 10.5 Å². The highest BCUT2D eigenvalue weighted by atomic mass is 15.1. The van der Waals surface area contributed by atoms with Crippen LogP contribution in [0.5, 0.6) is 0 Å². The van der Waals surface area contributed by atoms with Crippen LogP contribution in [-0.4, -0.2) is 18.3 Å². The number of aromatic nitrogens is 4. The maximum Gasteiger partial charge on any atom is 0.189 e. The number of hydrogen-bond acceptors (Lipinski definition) is 2. The molecule has 0 unspecified atom stereocenters. The first-order valence-corrected chi connectivity index (χ1v) is 23.2. The van der Waals surface area contributed by atoms with Gasteiger partial charge < -0.3 is 18.3 Å². The normalized spacial score (nSPS) is 11.7. The van der Waals surface area contributed by atoms with E-state index in [4.69, 9.17) is 6.57 Å². The van der Waals surface area contributed by atoms with E-state index in [0.717, 1.165) is 110 Å². The topological polar surface area (TPSA) is 71.7 Å². The van der Waals surface area contributed by atoms with Crippen molar-refractivity contribution in [2.24, 2.45) is 0 Å². The zero-order chi connectivity index (χ0) is 46.6. The first-order chi connectivity index (χ1) is 34.7. The monoisotopic (exact) mass is 889 g/mol. The van der Waals surface area contributed by atoms with E-state index in [9.17, 15) is 10.5 Å². The van der Waals surface area contributed by atoms with Gasteiger partial charge in [0.15, 0.2) is 5.69 Å². The number of rotatable bonds is 5. The van der Waals surface area contributed by atoms with E-state index in [-0.39, 0.29) is 16.8 Å². The van der Waals surface area contributed by atoms with Gasteiger partial charge in [-0.15, -0.1) is 0 Å². The minimum absolute atomic E-state index is 0.217. The highest BCUT2D eigenvalue weighted by Gasteiger charge is 2.33. The molecular formula is C63H35N7. The first kappa shape index (κ1) is 39.1. The Kier molecular flexibility index (Phi) is 8.34. The van der Waals surface area contributed by atoms with Gasteiger partial charge in [-0.05, 0) is 66.7 Å². The van der Waals surface area contributed by atoms with E-state index in [1.54, 1.807) is 12.1 Å². The summed E-state index contributed by atoms with van der Waals surface area (Å²) >= 11 is 0. The molecule has 0 aliphatic heterocycles. The lowest BCUT2D eigenvalue weighted by Gasteiger charge is -2.28. The molecule has 0 aliphatic carbocycles. The highest BCUT2D eigenvalue weighted by molar-refractivity contribution is 6.16. The molecule has 14 rings (SSSR count). The Morgan fingerprint density at radius 1 is 0.314 bits per heavy atom. The van der Waals surface area contributed by atoms with E-state index in [0.29, 0.717) is 11.1 Å². The van der Waals surface area contributed by atoms with Gasteiger partial charge in [0.25, 0.3) is 0 Å². The van der Waals surface area contributed by atoms with Crippen molar-refractivity contribution in [2.75, 3.05) is 0 Å². The van der Waals surface area contributed by atoms with Gasteiger partial charge in [0.05, 0.1) is 96.7 Å². The summed E-state index contributed by atoms with van der Waals surface area (Å²) in [6, 6.07) is 78.7. The van der Waals surface area contributed by atoms with Gasteiger partial charge in [-0.2, -0.15) is 10.5 Å². The van der Waals surface area contributed by atoms with Crippen molar-refractivity contribution in [1.82, 2.24) is 18.3 Å². The third-order valence-corrected chi connectivity index (χ3v) is 14.2. The molecule has 70 heavy (non-hydrogen) atoms. The molecule has 0 atom stereocenters. The van der Waals surface area contributed by atoms with E-state index in [1.165, 1.54) is 0 Å². The fourth-order valence-electron chi connectivity index (χ4n) is 11.5. The summed E-state index contributed by atoms with van der Waals surface area (Å²) in [7, 11) is 0. The molecule has 0 saturated carbocycles. The van der Waals surface area contributed by atoms with Crippen LogP contribution in [0.3, 0.4) is 0 Å². The van der Waals surface area contributed by atoms with Crippen molar-refractivity contribution >= 4 is 92.9 Å². The van der Waals surface area contributed by atoms with E-state index >= 15 is 0 Å². The van der Waals surface area contributed by atoms with Crippen LogP contribution in [0.15, 0.2) is 212 Å². The van der Waals surface area contributed by atoms with Gasteiger partial charge >= 0.3 is 0 Å². The van der Waals surface area contributed by atoms with Gasteiger partial charge in [0, 0.05) is 54.2 Å². The SMILES string of the molecule is [C-]#[N+]c1cc(C#N)c(-c2c(-n3c4ccccc4c4ccccc43)c(-n3c4ccccc4c4ccccc43)cc(-n3c4ccccc4c4ccccc43)c2-n2c3ccccc3c3ccccc32)c(C#N)c1. The van der Waals surface area contributed by atoms with E-state index in [1.807, 2.05) is 0 Å². The average Bonchev–Trinajstić information content (AvgIpc) is 4.15. The molecule has 0 N–H and O–H groups in total. The highest BCUT2D eigenvalue weighted by Crippen LogP contribution is 2.51. The summed E-state index contributed by atoms with van der Waals surface area (Å²) in [5, 5.41) is 31.7. The summed E-state index contributed by atoms with van der Waals surface area (Å²) in [5.41, 5.74) is 12.8. The molecule has 4 heterocycles. The maximum atomic E-state index is 11.5. The van der Waals surface area contributed by atoms with Crippen molar-refractivity contribution in [3.8, 4) is 46.0 Å². The predicted octanol–water partition coefficient (Wildman–Crippen LogP) is 16.0. The number of hydrogen-bond donors (Lipinski definition) is 0. The van der Waals surface area contributed by atoms with E-state index < -0.39 is 0 Å². The van der Waals surface area contributed by atoms with Gasteiger partial charge in [0.1, 0.15) is 0 Å². The summed E-state index contributed by atoms with van der Waals surface area (Å²) in [6.45, 7) is 8.19. The Labute approximate surface area is 400 Å². The molecule has 0 saturated heterocycles. The fourth-order valence-corrected chi connectivity index (χ4v) is 11.5. The molecule has 322 valence electrons. The van der Waals surface area contributed by atoms with Crippen molar-refractivity contribution < 1.29 is 0 Å². The van der Waals surface area contributed by atoms with Crippen LogP contribution in [-0.2, 0) is 0 Å². The second-order valence-electron chi connectivity index (χ2n) is 17.7. The fraction of sp³-hybridized carbons (Fsp3) is 0. The van der Waals surface area contributed by atoms with Gasteiger partial charge in [-0.3, -0.25) is 0 Å². The van der Waals surface area contributed by atoms with Gasteiger partial charge in [-0.1, -0.05) is 146 Å². The molecule has 7 nitrogen and oxygen atoms in total. The molecule has 0 aliphatic rings. The predicted molar refractivity (Wildman–Crippen MR) is 285 cm³/mol. The van der Waals surface area contributed by atoms with Crippen LogP contribution >= 0.6 is 0 Å².